The molecule has 0 spiro atoms. The van der Waals surface area contributed by atoms with Crippen LogP contribution >= 0.6 is 12.4 Å². The van der Waals surface area contributed by atoms with Gasteiger partial charge in [-0.25, -0.2) is 0 Å². The van der Waals surface area contributed by atoms with Crippen LogP contribution in [0, 0.1) is 0 Å². The summed E-state index contributed by atoms with van der Waals surface area (Å²) >= 11 is 0. The summed E-state index contributed by atoms with van der Waals surface area (Å²) in [5.41, 5.74) is 0.830. The van der Waals surface area contributed by atoms with Gasteiger partial charge in [0.2, 0.25) is 5.91 Å². The van der Waals surface area contributed by atoms with E-state index in [4.69, 9.17) is 0 Å². The monoisotopic (exact) mass is 268 g/mol. The highest BCUT2D eigenvalue weighted by molar-refractivity contribution is 5.88. The highest BCUT2D eigenvalue weighted by Crippen LogP contribution is 2.34. The van der Waals surface area contributed by atoms with E-state index in [0.29, 0.717) is 0 Å². The predicted molar refractivity (Wildman–Crippen MR) is 76.2 cm³/mol. The molecule has 1 aliphatic heterocycles. The van der Waals surface area contributed by atoms with E-state index in [1.807, 2.05) is 32.3 Å². The van der Waals surface area contributed by atoms with Crippen molar-refractivity contribution >= 4 is 18.3 Å². The summed E-state index contributed by atoms with van der Waals surface area (Å²) < 4.78 is 0. The first kappa shape index (κ1) is 15.0. The molecule has 1 aromatic rings. The molecule has 1 amide bonds. The molecule has 1 aliphatic rings. The van der Waals surface area contributed by atoms with Crippen LogP contribution in [0.5, 0.6) is 0 Å². The number of carbonyl (C=O) groups is 1. The number of nitrogens with zero attached hydrogens (tertiary/aromatic N) is 1. The predicted octanol–water partition coefficient (Wildman–Crippen LogP) is 1.82. The second kappa shape index (κ2) is 6.21. The van der Waals surface area contributed by atoms with Gasteiger partial charge in [-0.15, -0.1) is 12.4 Å². The lowest BCUT2D eigenvalue weighted by Gasteiger charge is -2.38. The number of amides is 1. The third kappa shape index (κ3) is 2.68. The van der Waals surface area contributed by atoms with Crippen molar-refractivity contribution in [3.8, 4) is 0 Å². The Hall–Kier alpha value is -1.06. The normalized spacial score (nSPS) is 17.7. The fraction of sp³-hybridized carbons (Fsp3) is 0.500. The second-order valence-electron chi connectivity index (χ2n) is 4.90. The van der Waals surface area contributed by atoms with E-state index in [0.717, 1.165) is 31.5 Å². The zero-order valence-corrected chi connectivity index (χ0v) is 11.8. The summed E-state index contributed by atoms with van der Waals surface area (Å²) in [6.45, 7) is 1.82. The Bertz CT molecular complexity index is 386. The molecule has 100 valence electrons. The van der Waals surface area contributed by atoms with Crippen LogP contribution in [0.15, 0.2) is 30.3 Å². The molecule has 1 heterocycles. The number of rotatable bonds is 2. The molecule has 2 rings (SSSR count). The molecule has 0 aromatic heterocycles. The van der Waals surface area contributed by atoms with Gasteiger partial charge in [-0.05, 0) is 31.5 Å². The van der Waals surface area contributed by atoms with E-state index in [-0.39, 0.29) is 23.7 Å². The van der Waals surface area contributed by atoms with Gasteiger partial charge >= 0.3 is 0 Å². The summed E-state index contributed by atoms with van der Waals surface area (Å²) in [4.78, 5) is 14.2. The molecule has 0 atom stereocenters. The van der Waals surface area contributed by atoms with Gasteiger partial charge in [0.25, 0.3) is 0 Å². The van der Waals surface area contributed by atoms with Gasteiger partial charge in [-0.3, -0.25) is 4.79 Å². The van der Waals surface area contributed by atoms with E-state index >= 15 is 0 Å². The summed E-state index contributed by atoms with van der Waals surface area (Å²) in [5.74, 6) is 0.227. The minimum atomic E-state index is -0.323. The van der Waals surface area contributed by atoms with E-state index in [1.54, 1.807) is 4.90 Å². The van der Waals surface area contributed by atoms with Crippen molar-refractivity contribution in [3.63, 3.8) is 0 Å². The number of halogens is 1. The Balaban J connectivity index is 0.00000162. The molecule has 1 fully saturated rings. The maximum absolute atomic E-state index is 12.5. The molecule has 3 nitrogen and oxygen atoms in total. The van der Waals surface area contributed by atoms with Crippen molar-refractivity contribution in [3.05, 3.63) is 35.9 Å². The molecule has 4 heteroatoms. The van der Waals surface area contributed by atoms with Crippen molar-refractivity contribution in [2.75, 3.05) is 27.2 Å². The molecule has 0 radical (unpaired) electrons. The average molecular weight is 269 g/mol. The van der Waals surface area contributed by atoms with Crippen molar-refractivity contribution < 1.29 is 4.79 Å². The minimum absolute atomic E-state index is 0. The van der Waals surface area contributed by atoms with Crippen molar-refractivity contribution in [1.82, 2.24) is 10.2 Å². The van der Waals surface area contributed by atoms with Crippen LogP contribution in [0.2, 0.25) is 0 Å². The third-order valence-corrected chi connectivity index (χ3v) is 3.60. The molecule has 0 saturated carbocycles. The molecule has 0 aliphatic carbocycles. The summed E-state index contributed by atoms with van der Waals surface area (Å²) in [7, 11) is 3.68. The van der Waals surface area contributed by atoms with E-state index in [9.17, 15) is 4.79 Å². The quantitative estimate of drug-likeness (QED) is 0.887. The summed E-state index contributed by atoms with van der Waals surface area (Å²) in [6.07, 6.45) is 1.77. The highest BCUT2D eigenvalue weighted by Gasteiger charge is 2.41. The first-order chi connectivity index (χ1) is 8.17. The van der Waals surface area contributed by atoms with Gasteiger partial charge in [0.05, 0.1) is 5.41 Å². The van der Waals surface area contributed by atoms with Gasteiger partial charge in [0.1, 0.15) is 0 Å². The lowest BCUT2D eigenvalue weighted by Crippen LogP contribution is -2.50. The number of likely N-dealkylation sites (N-methyl/N-ethyl adjacent to an activating group) is 1. The molecule has 1 saturated heterocycles. The smallest absolute Gasteiger partial charge is 0.232 e. The molecule has 0 bridgehead atoms. The van der Waals surface area contributed by atoms with Crippen LogP contribution in [0.4, 0.5) is 0 Å². The lowest BCUT2D eigenvalue weighted by atomic mass is 9.72. The molecule has 1 N–H and O–H groups in total. The Morgan fingerprint density at radius 3 is 2.22 bits per heavy atom. The molecular weight excluding hydrogens is 248 g/mol. The van der Waals surface area contributed by atoms with Crippen LogP contribution in [-0.2, 0) is 10.2 Å². The van der Waals surface area contributed by atoms with Gasteiger partial charge < -0.3 is 10.2 Å². The van der Waals surface area contributed by atoms with Crippen molar-refractivity contribution in [1.29, 1.82) is 0 Å². The van der Waals surface area contributed by atoms with Crippen molar-refractivity contribution in [2.45, 2.75) is 18.3 Å². The van der Waals surface area contributed by atoms with Crippen LogP contribution in [-0.4, -0.2) is 38.0 Å². The van der Waals surface area contributed by atoms with Gasteiger partial charge in [-0.1, -0.05) is 30.3 Å². The Labute approximate surface area is 115 Å². The number of nitrogens with one attached hydrogen (secondary N) is 1. The number of hydrogen-bond acceptors (Lipinski definition) is 2. The third-order valence-electron chi connectivity index (χ3n) is 3.60. The van der Waals surface area contributed by atoms with Gasteiger partial charge in [0, 0.05) is 14.1 Å². The van der Waals surface area contributed by atoms with Crippen LogP contribution in [0.3, 0.4) is 0 Å². The minimum Gasteiger partial charge on any atom is -0.348 e. The van der Waals surface area contributed by atoms with Crippen molar-refractivity contribution in [2.24, 2.45) is 0 Å². The second-order valence-corrected chi connectivity index (χ2v) is 4.90. The topological polar surface area (TPSA) is 32.3 Å². The Kier molecular flexibility index (Phi) is 5.17. The SMILES string of the molecule is CN(C)C(=O)C1(c2ccccc2)CCNCC1.Cl. The maximum Gasteiger partial charge on any atom is 0.232 e. The van der Waals surface area contributed by atoms with Crippen LogP contribution in [0.1, 0.15) is 18.4 Å². The van der Waals surface area contributed by atoms with E-state index in [1.165, 1.54) is 0 Å². The van der Waals surface area contributed by atoms with Gasteiger partial charge in [-0.2, -0.15) is 0 Å². The largest absolute Gasteiger partial charge is 0.348 e. The van der Waals surface area contributed by atoms with E-state index < -0.39 is 0 Å². The lowest BCUT2D eigenvalue weighted by molar-refractivity contribution is -0.136. The zero-order valence-electron chi connectivity index (χ0n) is 11.0. The highest BCUT2D eigenvalue weighted by atomic mass is 35.5. The Morgan fingerprint density at radius 1 is 1.17 bits per heavy atom. The molecule has 18 heavy (non-hydrogen) atoms. The summed E-state index contributed by atoms with van der Waals surface area (Å²) in [5, 5.41) is 3.33. The fourth-order valence-electron chi connectivity index (χ4n) is 2.66. The maximum atomic E-state index is 12.5. The number of benzene rings is 1. The van der Waals surface area contributed by atoms with Gasteiger partial charge in [0.15, 0.2) is 0 Å². The number of piperidine rings is 1. The standard InChI is InChI=1S/C14H20N2O.ClH/c1-16(2)13(17)14(8-10-15-11-9-14)12-6-4-3-5-7-12;/h3-7,15H,8-11H2,1-2H3;1H. The molecular formula is C14H21ClN2O. The van der Waals surface area contributed by atoms with E-state index in [2.05, 4.69) is 17.4 Å². The number of hydrogen-bond donors (Lipinski definition) is 1. The summed E-state index contributed by atoms with van der Waals surface area (Å²) in [6, 6.07) is 10.2. The fourth-order valence-corrected chi connectivity index (χ4v) is 2.66. The van der Waals surface area contributed by atoms with Crippen LogP contribution < -0.4 is 5.32 Å². The Morgan fingerprint density at radius 2 is 1.72 bits per heavy atom. The number of carbonyl (C=O) groups excluding carboxylic acids is 1. The first-order valence-electron chi connectivity index (χ1n) is 6.15. The molecule has 1 aromatic carbocycles. The zero-order chi connectivity index (χ0) is 12.3. The molecule has 0 unspecified atom stereocenters. The average Bonchev–Trinajstić information content (AvgIpc) is 2.39. The first-order valence-corrected chi connectivity index (χ1v) is 6.15. The van der Waals surface area contributed by atoms with Crippen LogP contribution in [0.25, 0.3) is 0 Å².